The molecule has 1 heterocycles. The highest BCUT2D eigenvalue weighted by Gasteiger charge is 2.32. The van der Waals surface area contributed by atoms with Crippen molar-refractivity contribution in [2.24, 2.45) is 5.73 Å². The average molecular weight is 448 g/mol. The Hall–Kier alpha value is -1.50. The second-order valence-corrected chi connectivity index (χ2v) is 8.57. The normalized spacial score (nSPS) is 16.8. The number of halogens is 1. The van der Waals surface area contributed by atoms with Crippen LogP contribution in [0.2, 0.25) is 0 Å². The summed E-state index contributed by atoms with van der Waals surface area (Å²) in [5.74, 6) is 0. The molecule has 0 aromatic heterocycles. The molecule has 0 saturated carbocycles. The Bertz CT molecular complexity index is 790. The van der Waals surface area contributed by atoms with E-state index in [1.54, 1.807) is 11.8 Å². The molecule has 26 heavy (non-hydrogen) atoms. The van der Waals surface area contributed by atoms with Gasteiger partial charge in [-0.05, 0) is 48.3 Å². The second kappa shape index (κ2) is 8.93. The van der Waals surface area contributed by atoms with E-state index in [0.29, 0.717) is 5.11 Å². The first-order valence-electron chi connectivity index (χ1n) is 8.60. The molecule has 0 fully saturated rings. The van der Waals surface area contributed by atoms with Crippen molar-refractivity contribution in [3.05, 3.63) is 75.1 Å². The van der Waals surface area contributed by atoms with Crippen LogP contribution in [0.1, 0.15) is 24.5 Å². The van der Waals surface area contributed by atoms with Gasteiger partial charge in [0, 0.05) is 15.9 Å². The van der Waals surface area contributed by atoms with E-state index in [9.17, 15) is 0 Å². The van der Waals surface area contributed by atoms with Gasteiger partial charge in [0.1, 0.15) is 0 Å². The number of benzene rings is 2. The predicted octanol–water partition coefficient (Wildman–Crippen LogP) is 4.94. The van der Waals surface area contributed by atoms with Crippen LogP contribution in [0.3, 0.4) is 0 Å². The zero-order valence-electron chi connectivity index (χ0n) is 14.6. The summed E-state index contributed by atoms with van der Waals surface area (Å²) in [6.07, 6.45) is 1.95. The molecule has 2 aromatic rings. The summed E-state index contributed by atoms with van der Waals surface area (Å²) in [6, 6.07) is 19.1. The van der Waals surface area contributed by atoms with Gasteiger partial charge in [0.25, 0.3) is 0 Å². The van der Waals surface area contributed by atoms with E-state index < -0.39 is 0 Å². The second-order valence-electron chi connectivity index (χ2n) is 6.04. The van der Waals surface area contributed by atoms with Crippen LogP contribution < -0.4 is 11.1 Å². The van der Waals surface area contributed by atoms with Gasteiger partial charge in [-0.15, -0.1) is 0 Å². The van der Waals surface area contributed by atoms with Gasteiger partial charge in [-0.1, -0.05) is 77.1 Å². The Morgan fingerprint density at radius 3 is 2.50 bits per heavy atom. The van der Waals surface area contributed by atoms with Crippen molar-refractivity contribution >= 4 is 50.7 Å². The van der Waals surface area contributed by atoms with Gasteiger partial charge in [-0.25, -0.2) is 0 Å². The third-order valence-electron chi connectivity index (χ3n) is 4.28. The van der Waals surface area contributed by atoms with E-state index in [1.807, 2.05) is 0 Å². The third kappa shape index (κ3) is 4.61. The zero-order valence-corrected chi connectivity index (χ0v) is 17.8. The molecule has 0 saturated heterocycles. The van der Waals surface area contributed by atoms with Gasteiger partial charge >= 0.3 is 0 Å². The summed E-state index contributed by atoms with van der Waals surface area (Å²) in [7, 11) is 0. The van der Waals surface area contributed by atoms with Crippen LogP contribution in [0.25, 0.3) is 5.70 Å². The molecule has 1 aliphatic rings. The number of hydrogen-bond donors (Lipinski definition) is 2. The van der Waals surface area contributed by atoms with Gasteiger partial charge in [0.05, 0.1) is 5.70 Å². The molecule has 1 atom stereocenters. The molecular weight excluding hydrogens is 426 g/mol. The number of nitrogens with two attached hydrogens (primary N) is 1. The van der Waals surface area contributed by atoms with E-state index in [-0.39, 0.29) is 5.50 Å². The standard InChI is InChI=1S/C20H22BrN3S2/c1-2-17-18(15-8-10-16(21)11-9-15)24(20(26-17)23-19(22)25)13-12-14-6-4-3-5-7-14/h3-11,20H,2,12-13H2,1H3,(H3,22,23,25). The van der Waals surface area contributed by atoms with Crippen LogP contribution >= 0.6 is 39.9 Å². The van der Waals surface area contributed by atoms with Crippen LogP contribution in [0, 0.1) is 0 Å². The zero-order chi connectivity index (χ0) is 18.5. The van der Waals surface area contributed by atoms with E-state index in [1.165, 1.54) is 21.7 Å². The minimum absolute atomic E-state index is 0.0322. The molecule has 136 valence electrons. The van der Waals surface area contributed by atoms with Crippen molar-refractivity contribution < 1.29 is 0 Å². The van der Waals surface area contributed by atoms with E-state index in [0.717, 1.165) is 23.9 Å². The number of nitrogens with zero attached hydrogens (tertiary/aromatic N) is 1. The number of thioether (sulfide) groups is 1. The molecule has 2 aromatic carbocycles. The van der Waals surface area contributed by atoms with Crippen molar-refractivity contribution in [3.63, 3.8) is 0 Å². The SMILES string of the molecule is CCC1=C(c2ccc(Br)cc2)N(CCc2ccccc2)C(NC(N)=S)S1. The number of rotatable bonds is 6. The fraction of sp³-hybridized carbons (Fsp3) is 0.250. The maximum absolute atomic E-state index is 5.79. The Balaban J connectivity index is 1.90. The molecule has 3 N–H and O–H groups in total. The van der Waals surface area contributed by atoms with Gasteiger partial charge < -0.3 is 16.0 Å². The summed E-state index contributed by atoms with van der Waals surface area (Å²) < 4.78 is 1.08. The van der Waals surface area contributed by atoms with Gasteiger partial charge in [0.2, 0.25) is 0 Å². The van der Waals surface area contributed by atoms with Crippen molar-refractivity contribution in [1.29, 1.82) is 0 Å². The van der Waals surface area contributed by atoms with Crippen molar-refractivity contribution in [2.75, 3.05) is 6.54 Å². The molecule has 3 rings (SSSR count). The summed E-state index contributed by atoms with van der Waals surface area (Å²) in [4.78, 5) is 3.74. The van der Waals surface area contributed by atoms with E-state index in [4.69, 9.17) is 18.0 Å². The van der Waals surface area contributed by atoms with Crippen molar-refractivity contribution in [2.45, 2.75) is 25.3 Å². The first-order chi connectivity index (χ1) is 12.6. The highest BCUT2D eigenvalue weighted by molar-refractivity contribution is 9.10. The first-order valence-corrected chi connectivity index (χ1v) is 10.7. The Morgan fingerprint density at radius 1 is 1.19 bits per heavy atom. The van der Waals surface area contributed by atoms with Gasteiger partial charge in [-0.2, -0.15) is 0 Å². The van der Waals surface area contributed by atoms with E-state index >= 15 is 0 Å². The smallest absolute Gasteiger partial charge is 0.165 e. The van der Waals surface area contributed by atoms with Gasteiger partial charge in [0.15, 0.2) is 10.6 Å². The minimum atomic E-state index is 0.0322. The molecular formula is C20H22BrN3S2. The Kier molecular flexibility index (Phi) is 6.62. The highest BCUT2D eigenvalue weighted by atomic mass is 79.9. The van der Waals surface area contributed by atoms with E-state index in [2.05, 4.69) is 87.7 Å². The lowest BCUT2D eigenvalue weighted by molar-refractivity contribution is 0.369. The molecule has 0 amide bonds. The monoisotopic (exact) mass is 447 g/mol. The topological polar surface area (TPSA) is 41.3 Å². The molecule has 0 spiro atoms. The third-order valence-corrected chi connectivity index (χ3v) is 6.29. The highest BCUT2D eigenvalue weighted by Crippen LogP contribution is 2.43. The predicted molar refractivity (Wildman–Crippen MR) is 120 cm³/mol. The number of nitrogens with one attached hydrogen (secondary N) is 1. The number of hydrogen-bond acceptors (Lipinski definition) is 3. The van der Waals surface area contributed by atoms with Crippen molar-refractivity contribution in [3.8, 4) is 0 Å². The maximum atomic E-state index is 5.79. The molecule has 6 heteroatoms. The molecule has 0 radical (unpaired) electrons. The Morgan fingerprint density at radius 2 is 1.88 bits per heavy atom. The number of thiocarbonyl (C=S) groups is 1. The fourth-order valence-corrected chi connectivity index (χ4v) is 4.83. The Labute approximate surface area is 173 Å². The maximum Gasteiger partial charge on any atom is 0.165 e. The molecule has 0 bridgehead atoms. The summed E-state index contributed by atoms with van der Waals surface area (Å²) >= 11 is 10.4. The van der Waals surface area contributed by atoms with Crippen LogP contribution in [0.5, 0.6) is 0 Å². The summed E-state index contributed by atoms with van der Waals surface area (Å²) in [5, 5.41) is 3.58. The average Bonchev–Trinajstić information content (AvgIpc) is 2.98. The number of allylic oxidation sites excluding steroid dienone is 1. The van der Waals surface area contributed by atoms with Crippen molar-refractivity contribution in [1.82, 2.24) is 10.2 Å². The van der Waals surface area contributed by atoms with Crippen LogP contribution in [-0.4, -0.2) is 22.1 Å². The largest absolute Gasteiger partial charge is 0.376 e. The summed E-state index contributed by atoms with van der Waals surface area (Å²) in [5.41, 5.74) is 9.64. The quantitative estimate of drug-likeness (QED) is 0.613. The van der Waals surface area contributed by atoms with Crippen LogP contribution in [-0.2, 0) is 6.42 Å². The first kappa shape index (κ1) is 19.3. The molecule has 1 unspecified atom stereocenters. The van der Waals surface area contributed by atoms with Gasteiger partial charge in [-0.3, -0.25) is 0 Å². The molecule has 3 nitrogen and oxygen atoms in total. The minimum Gasteiger partial charge on any atom is -0.376 e. The molecule has 0 aliphatic carbocycles. The lowest BCUT2D eigenvalue weighted by atomic mass is 10.1. The lowest BCUT2D eigenvalue weighted by Gasteiger charge is -2.30. The fourth-order valence-electron chi connectivity index (χ4n) is 3.07. The summed E-state index contributed by atoms with van der Waals surface area (Å²) in [6.45, 7) is 3.09. The molecule has 1 aliphatic heterocycles. The van der Waals surface area contributed by atoms with Crippen LogP contribution in [0.15, 0.2) is 64.0 Å². The van der Waals surface area contributed by atoms with Crippen LogP contribution in [0.4, 0.5) is 0 Å². The lowest BCUT2D eigenvalue weighted by Crippen LogP contribution is -2.45.